The topological polar surface area (TPSA) is 54.5 Å². The normalized spacial score (nSPS) is 16.4. The molecule has 1 atom stereocenters. The van der Waals surface area contributed by atoms with Crippen molar-refractivity contribution in [2.45, 2.75) is 18.9 Å². The molecule has 5 nitrogen and oxygen atoms in total. The van der Waals surface area contributed by atoms with Gasteiger partial charge in [-0.2, -0.15) is 0 Å². The number of carbonyl (C=O) groups is 1. The number of urea groups is 1. The second-order valence-electron chi connectivity index (χ2n) is 6.78. The largest absolute Gasteiger partial charge is 0.472 e. The molecule has 2 heterocycles. The van der Waals surface area contributed by atoms with Gasteiger partial charge in [-0.3, -0.25) is 0 Å². The predicted octanol–water partition coefficient (Wildman–Crippen LogP) is 3.64. The molecule has 2 amide bonds. The molecule has 138 valence electrons. The number of pyridine rings is 1. The van der Waals surface area contributed by atoms with E-state index in [1.165, 1.54) is 5.56 Å². The van der Waals surface area contributed by atoms with Crippen molar-refractivity contribution in [3.63, 3.8) is 0 Å². The number of hydrogen-bond donors (Lipinski definition) is 1. The minimum absolute atomic E-state index is 0.0152. The molecule has 5 heteroatoms. The Morgan fingerprint density at radius 3 is 2.78 bits per heavy atom. The summed E-state index contributed by atoms with van der Waals surface area (Å²) in [6.07, 6.45) is 1.64. The number of benzene rings is 2. The third-order valence-electron chi connectivity index (χ3n) is 4.83. The monoisotopic (exact) mass is 361 g/mol. The first-order valence-electron chi connectivity index (χ1n) is 9.37. The van der Waals surface area contributed by atoms with Gasteiger partial charge in [-0.15, -0.1) is 0 Å². The maximum atomic E-state index is 12.4. The maximum Gasteiger partial charge on any atom is 0.317 e. The van der Waals surface area contributed by atoms with Crippen molar-refractivity contribution in [3.05, 3.63) is 72.3 Å². The van der Waals surface area contributed by atoms with E-state index >= 15 is 0 Å². The lowest BCUT2D eigenvalue weighted by Crippen LogP contribution is -2.40. The van der Waals surface area contributed by atoms with Crippen LogP contribution in [0.15, 0.2) is 66.7 Å². The van der Waals surface area contributed by atoms with Crippen LogP contribution in [0.3, 0.4) is 0 Å². The van der Waals surface area contributed by atoms with Crippen LogP contribution in [-0.4, -0.2) is 41.7 Å². The Kier molecular flexibility index (Phi) is 5.19. The number of nitrogens with zero attached hydrogens (tertiary/aromatic N) is 2. The molecule has 1 unspecified atom stereocenters. The molecule has 1 aliphatic rings. The molecule has 0 radical (unpaired) electrons. The van der Waals surface area contributed by atoms with E-state index in [2.05, 4.69) is 22.4 Å². The Bertz CT molecular complexity index is 914. The maximum absolute atomic E-state index is 12.4. The average molecular weight is 361 g/mol. The summed E-state index contributed by atoms with van der Waals surface area (Å²) in [5.41, 5.74) is 2.14. The molecule has 4 rings (SSSR count). The molecule has 1 saturated heterocycles. The standard InChI is InChI=1S/C22H23N3O2/c26-22(23-14-12-17-6-2-1-3-7-17)25-15-13-19(16-25)27-21-11-10-18-8-4-5-9-20(18)24-21/h1-11,19H,12-16H2,(H,23,26). The number of likely N-dealkylation sites (tertiary alicyclic amines) is 1. The van der Waals surface area contributed by atoms with Gasteiger partial charge in [0.2, 0.25) is 5.88 Å². The zero-order chi connectivity index (χ0) is 18.5. The number of carbonyl (C=O) groups excluding carboxylic acids is 1. The molecular formula is C22H23N3O2. The average Bonchev–Trinajstić information content (AvgIpc) is 3.17. The summed E-state index contributed by atoms with van der Waals surface area (Å²) in [5, 5.41) is 4.09. The number of hydrogen-bond acceptors (Lipinski definition) is 3. The Labute approximate surface area is 159 Å². The number of para-hydroxylation sites is 1. The number of nitrogens with one attached hydrogen (secondary N) is 1. The van der Waals surface area contributed by atoms with Gasteiger partial charge in [0, 0.05) is 31.0 Å². The molecule has 1 aliphatic heterocycles. The van der Waals surface area contributed by atoms with Crippen LogP contribution in [-0.2, 0) is 6.42 Å². The first-order valence-corrected chi connectivity index (χ1v) is 9.37. The van der Waals surface area contributed by atoms with Crippen molar-refractivity contribution in [1.29, 1.82) is 0 Å². The summed E-state index contributed by atoms with van der Waals surface area (Å²) in [6, 6.07) is 22.0. The van der Waals surface area contributed by atoms with Crippen molar-refractivity contribution in [2.75, 3.05) is 19.6 Å². The van der Waals surface area contributed by atoms with E-state index in [4.69, 9.17) is 4.74 Å². The Hall–Kier alpha value is -3.08. The summed E-state index contributed by atoms with van der Waals surface area (Å²) in [4.78, 5) is 18.7. The third kappa shape index (κ3) is 4.37. The van der Waals surface area contributed by atoms with Gasteiger partial charge in [0.15, 0.2) is 0 Å². The van der Waals surface area contributed by atoms with Gasteiger partial charge in [-0.05, 0) is 24.1 Å². The summed E-state index contributed by atoms with van der Waals surface area (Å²) in [7, 11) is 0. The lowest BCUT2D eigenvalue weighted by molar-refractivity contribution is 0.183. The van der Waals surface area contributed by atoms with E-state index in [9.17, 15) is 4.79 Å². The molecule has 0 saturated carbocycles. The summed E-state index contributed by atoms with van der Waals surface area (Å²) >= 11 is 0. The molecule has 1 fully saturated rings. The van der Waals surface area contributed by atoms with Crippen LogP contribution in [0.1, 0.15) is 12.0 Å². The zero-order valence-corrected chi connectivity index (χ0v) is 15.2. The van der Waals surface area contributed by atoms with E-state index in [-0.39, 0.29) is 12.1 Å². The lowest BCUT2D eigenvalue weighted by atomic mass is 10.1. The van der Waals surface area contributed by atoms with Crippen LogP contribution in [0, 0.1) is 0 Å². The van der Waals surface area contributed by atoms with Crippen LogP contribution in [0.25, 0.3) is 10.9 Å². The van der Waals surface area contributed by atoms with Crippen LogP contribution >= 0.6 is 0 Å². The Morgan fingerprint density at radius 2 is 1.89 bits per heavy atom. The van der Waals surface area contributed by atoms with E-state index in [0.717, 1.165) is 23.7 Å². The highest BCUT2D eigenvalue weighted by Gasteiger charge is 2.27. The zero-order valence-electron chi connectivity index (χ0n) is 15.2. The fourth-order valence-corrected chi connectivity index (χ4v) is 3.36. The van der Waals surface area contributed by atoms with Crippen LogP contribution in [0.2, 0.25) is 0 Å². The van der Waals surface area contributed by atoms with Crippen molar-refractivity contribution in [1.82, 2.24) is 15.2 Å². The second-order valence-corrected chi connectivity index (χ2v) is 6.78. The van der Waals surface area contributed by atoms with Gasteiger partial charge >= 0.3 is 6.03 Å². The SMILES string of the molecule is O=C(NCCc1ccccc1)N1CCC(Oc2ccc3ccccc3n2)C1. The van der Waals surface area contributed by atoms with Gasteiger partial charge < -0.3 is 15.0 Å². The number of rotatable bonds is 5. The van der Waals surface area contributed by atoms with E-state index in [1.807, 2.05) is 59.5 Å². The third-order valence-corrected chi connectivity index (χ3v) is 4.83. The van der Waals surface area contributed by atoms with Crippen molar-refractivity contribution < 1.29 is 9.53 Å². The van der Waals surface area contributed by atoms with Gasteiger partial charge in [-0.25, -0.2) is 9.78 Å². The predicted molar refractivity (Wildman–Crippen MR) is 106 cm³/mol. The molecule has 2 aromatic carbocycles. The smallest absolute Gasteiger partial charge is 0.317 e. The highest BCUT2D eigenvalue weighted by molar-refractivity contribution is 5.78. The van der Waals surface area contributed by atoms with Gasteiger partial charge in [0.25, 0.3) is 0 Å². The molecule has 1 N–H and O–H groups in total. The fourth-order valence-electron chi connectivity index (χ4n) is 3.36. The van der Waals surface area contributed by atoms with Gasteiger partial charge in [0.1, 0.15) is 6.10 Å². The number of fused-ring (bicyclic) bond motifs is 1. The summed E-state index contributed by atoms with van der Waals surface area (Å²) in [6.45, 7) is 1.93. The van der Waals surface area contributed by atoms with Gasteiger partial charge in [-0.1, -0.05) is 48.5 Å². The molecule has 0 aliphatic carbocycles. The first-order chi connectivity index (χ1) is 13.3. The Morgan fingerprint density at radius 1 is 1.07 bits per heavy atom. The van der Waals surface area contributed by atoms with Crippen molar-refractivity contribution in [2.24, 2.45) is 0 Å². The van der Waals surface area contributed by atoms with Crippen LogP contribution in [0.4, 0.5) is 4.79 Å². The van der Waals surface area contributed by atoms with E-state index < -0.39 is 0 Å². The van der Waals surface area contributed by atoms with Gasteiger partial charge in [0.05, 0.1) is 12.1 Å². The fraction of sp³-hybridized carbons (Fsp3) is 0.273. The van der Waals surface area contributed by atoms with Crippen LogP contribution < -0.4 is 10.1 Å². The number of amides is 2. The highest BCUT2D eigenvalue weighted by Crippen LogP contribution is 2.20. The molecular weight excluding hydrogens is 338 g/mol. The molecule has 0 spiro atoms. The minimum Gasteiger partial charge on any atom is -0.472 e. The second kappa shape index (κ2) is 8.08. The highest BCUT2D eigenvalue weighted by atomic mass is 16.5. The molecule has 3 aromatic rings. The minimum atomic E-state index is -0.0245. The van der Waals surface area contributed by atoms with Crippen molar-refractivity contribution >= 4 is 16.9 Å². The number of ether oxygens (including phenoxy) is 1. The first kappa shape index (κ1) is 17.3. The molecule has 1 aromatic heterocycles. The van der Waals surface area contributed by atoms with Crippen molar-refractivity contribution in [3.8, 4) is 5.88 Å². The lowest BCUT2D eigenvalue weighted by Gasteiger charge is -2.18. The Balaban J connectivity index is 1.27. The molecule has 27 heavy (non-hydrogen) atoms. The molecule has 0 bridgehead atoms. The summed E-state index contributed by atoms with van der Waals surface area (Å²) < 4.78 is 6.00. The summed E-state index contributed by atoms with van der Waals surface area (Å²) in [5.74, 6) is 0.616. The van der Waals surface area contributed by atoms with E-state index in [0.29, 0.717) is 25.5 Å². The number of aromatic nitrogens is 1. The van der Waals surface area contributed by atoms with Crippen LogP contribution in [0.5, 0.6) is 5.88 Å². The quantitative estimate of drug-likeness (QED) is 0.755. The van der Waals surface area contributed by atoms with E-state index in [1.54, 1.807) is 0 Å².